The minimum Gasteiger partial charge on any atom is -0.492 e. The summed E-state index contributed by atoms with van der Waals surface area (Å²) in [4.78, 5) is 2.30. The molecule has 0 N–H and O–H groups in total. The smallest absolute Gasteiger partial charge is 0.234 e. The van der Waals surface area contributed by atoms with Crippen molar-refractivity contribution in [1.82, 2.24) is 0 Å². The summed E-state index contributed by atoms with van der Waals surface area (Å²) in [5.41, 5.74) is 4.65. The van der Waals surface area contributed by atoms with Gasteiger partial charge in [0.05, 0.1) is 12.0 Å². The lowest BCUT2D eigenvalue weighted by Gasteiger charge is -2.28. The molecule has 6 rings (SSSR count). The molecule has 0 bridgehead atoms. The van der Waals surface area contributed by atoms with Crippen LogP contribution in [0, 0.1) is 0 Å². The second-order valence-electron chi connectivity index (χ2n) is 8.19. The fourth-order valence-corrected chi connectivity index (χ4v) is 4.84. The van der Waals surface area contributed by atoms with Crippen molar-refractivity contribution in [3.05, 3.63) is 83.4 Å². The molecule has 0 saturated heterocycles. The van der Waals surface area contributed by atoms with Crippen LogP contribution in [0.4, 0.5) is 5.69 Å². The topological polar surface area (TPSA) is 40.2 Å². The zero-order valence-corrected chi connectivity index (χ0v) is 16.8. The SMILES string of the molecule is CN1CC2(COc3cc4c(cc32)OC(OCc2ccccc2)CO4)c2ccccc21. The fourth-order valence-electron chi connectivity index (χ4n) is 4.84. The number of ether oxygens (including phenoxy) is 4. The van der Waals surface area contributed by atoms with Gasteiger partial charge in [0.15, 0.2) is 18.1 Å². The Balaban J connectivity index is 1.30. The van der Waals surface area contributed by atoms with Crippen molar-refractivity contribution < 1.29 is 18.9 Å². The van der Waals surface area contributed by atoms with E-state index in [9.17, 15) is 0 Å². The van der Waals surface area contributed by atoms with E-state index in [-0.39, 0.29) is 5.41 Å². The molecule has 0 aromatic heterocycles. The molecule has 5 nitrogen and oxygen atoms in total. The van der Waals surface area contributed by atoms with Crippen LogP contribution >= 0.6 is 0 Å². The van der Waals surface area contributed by atoms with E-state index in [1.54, 1.807) is 0 Å². The van der Waals surface area contributed by atoms with Crippen molar-refractivity contribution in [3.8, 4) is 17.2 Å². The number of benzene rings is 3. The molecule has 0 radical (unpaired) electrons. The van der Waals surface area contributed by atoms with Crippen molar-refractivity contribution in [2.75, 3.05) is 31.7 Å². The Morgan fingerprint density at radius 3 is 2.67 bits per heavy atom. The van der Waals surface area contributed by atoms with Crippen LogP contribution in [0.15, 0.2) is 66.7 Å². The summed E-state index contributed by atoms with van der Waals surface area (Å²) in [5.74, 6) is 2.31. The molecule has 152 valence electrons. The maximum Gasteiger partial charge on any atom is 0.234 e. The van der Waals surface area contributed by atoms with E-state index < -0.39 is 6.29 Å². The molecule has 3 aliphatic heterocycles. The van der Waals surface area contributed by atoms with Crippen molar-refractivity contribution in [3.63, 3.8) is 0 Å². The zero-order chi connectivity index (χ0) is 20.1. The standard InChI is InChI=1S/C25H23NO4/c1-26-15-25(18-9-5-6-10-20(18)26)16-29-21-12-22-23(11-19(21)25)30-24(14-27-22)28-13-17-7-3-2-4-8-17/h2-12,24H,13-16H2,1H3. The second-order valence-corrected chi connectivity index (χ2v) is 8.19. The third kappa shape index (κ3) is 2.66. The van der Waals surface area contributed by atoms with Crippen LogP contribution in [0.2, 0.25) is 0 Å². The van der Waals surface area contributed by atoms with Gasteiger partial charge in [-0.25, -0.2) is 0 Å². The number of anilines is 1. The number of hydrogen-bond donors (Lipinski definition) is 0. The van der Waals surface area contributed by atoms with Gasteiger partial charge in [-0.1, -0.05) is 48.5 Å². The van der Waals surface area contributed by atoms with Crippen LogP contribution in [0.5, 0.6) is 17.2 Å². The van der Waals surface area contributed by atoms with E-state index in [0.717, 1.165) is 29.2 Å². The van der Waals surface area contributed by atoms with Crippen LogP contribution in [0.1, 0.15) is 16.7 Å². The van der Waals surface area contributed by atoms with Crippen molar-refractivity contribution in [2.24, 2.45) is 0 Å². The Hall–Kier alpha value is -3.18. The molecule has 3 aromatic rings. The molecular weight excluding hydrogens is 378 g/mol. The molecule has 3 heterocycles. The highest BCUT2D eigenvalue weighted by molar-refractivity contribution is 5.70. The minimum absolute atomic E-state index is 0.184. The van der Waals surface area contributed by atoms with Gasteiger partial charge in [0.2, 0.25) is 6.29 Å². The Morgan fingerprint density at radius 2 is 1.77 bits per heavy atom. The predicted molar refractivity (Wildman–Crippen MR) is 114 cm³/mol. The third-order valence-electron chi connectivity index (χ3n) is 6.29. The first-order valence-electron chi connectivity index (χ1n) is 10.3. The molecular formula is C25H23NO4. The highest BCUT2D eigenvalue weighted by Gasteiger charge is 2.49. The van der Waals surface area contributed by atoms with Crippen molar-refractivity contribution in [1.29, 1.82) is 0 Å². The number of rotatable bonds is 3. The lowest BCUT2D eigenvalue weighted by molar-refractivity contribution is -0.123. The van der Waals surface area contributed by atoms with Crippen LogP contribution < -0.4 is 19.1 Å². The van der Waals surface area contributed by atoms with E-state index in [1.807, 2.05) is 36.4 Å². The Bertz CT molecular complexity index is 1100. The number of nitrogens with zero attached hydrogens (tertiary/aromatic N) is 1. The number of para-hydroxylation sites is 1. The first-order chi connectivity index (χ1) is 14.7. The van der Waals surface area contributed by atoms with E-state index in [1.165, 1.54) is 11.3 Å². The van der Waals surface area contributed by atoms with Gasteiger partial charge in [-0.05, 0) is 23.3 Å². The first kappa shape index (κ1) is 17.7. The van der Waals surface area contributed by atoms with E-state index in [4.69, 9.17) is 18.9 Å². The molecule has 3 aromatic carbocycles. The van der Waals surface area contributed by atoms with Gasteiger partial charge in [0.1, 0.15) is 12.4 Å². The number of hydrogen-bond acceptors (Lipinski definition) is 5. The van der Waals surface area contributed by atoms with Gasteiger partial charge >= 0.3 is 0 Å². The number of fused-ring (bicyclic) bond motifs is 5. The van der Waals surface area contributed by atoms with Crippen molar-refractivity contribution in [2.45, 2.75) is 18.3 Å². The summed E-state index contributed by atoms with van der Waals surface area (Å²) in [6.07, 6.45) is -0.437. The van der Waals surface area contributed by atoms with E-state index >= 15 is 0 Å². The predicted octanol–water partition coefficient (Wildman–Crippen LogP) is 4.13. The molecule has 30 heavy (non-hydrogen) atoms. The molecule has 0 amide bonds. The summed E-state index contributed by atoms with van der Waals surface area (Å²) in [7, 11) is 2.14. The summed E-state index contributed by atoms with van der Waals surface area (Å²) in [5, 5.41) is 0. The Kier molecular flexibility index (Phi) is 3.93. The zero-order valence-electron chi connectivity index (χ0n) is 16.8. The molecule has 2 unspecified atom stereocenters. The molecule has 0 aliphatic carbocycles. The third-order valence-corrected chi connectivity index (χ3v) is 6.29. The highest BCUT2D eigenvalue weighted by atomic mass is 16.7. The van der Waals surface area contributed by atoms with Gasteiger partial charge in [0.25, 0.3) is 0 Å². The summed E-state index contributed by atoms with van der Waals surface area (Å²) >= 11 is 0. The normalized spacial score (nSPS) is 23.2. The largest absolute Gasteiger partial charge is 0.492 e. The summed E-state index contributed by atoms with van der Waals surface area (Å²) < 4.78 is 24.2. The monoisotopic (exact) mass is 401 g/mol. The lowest BCUT2D eigenvalue weighted by atomic mass is 9.77. The molecule has 2 atom stereocenters. The average molecular weight is 401 g/mol. The highest BCUT2D eigenvalue weighted by Crippen LogP contribution is 2.53. The van der Waals surface area contributed by atoms with Crippen LogP contribution in [0.3, 0.4) is 0 Å². The Labute approximate surface area is 175 Å². The first-order valence-corrected chi connectivity index (χ1v) is 10.3. The Morgan fingerprint density at radius 1 is 0.933 bits per heavy atom. The molecule has 0 fully saturated rings. The number of likely N-dealkylation sites (N-methyl/N-ethyl adjacent to an activating group) is 1. The molecule has 3 aliphatic rings. The maximum atomic E-state index is 6.18. The minimum atomic E-state index is -0.437. The van der Waals surface area contributed by atoms with Crippen LogP contribution in [-0.4, -0.2) is 33.1 Å². The quantitative estimate of drug-likeness (QED) is 0.660. The van der Waals surface area contributed by atoms with Gasteiger partial charge in [0, 0.05) is 30.9 Å². The summed E-state index contributed by atoms with van der Waals surface area (Å²) in [6, 6.07) is 22.7. The molecule has 0 saturated carbocycles. The van der Waals surface area contributed by atoms with E-state index in [0.29, 0.717) is 25.6 Å². The molecule has 1 spiro atoms. The molecule has 5 heteroatoms. The van der Waals surface area contributed by atoms with Gasteiger partial charge < -0.3 is 23.8 Å². The van der Waals surface area contributed by atoms with Crippen LogP contribution in [-0.2, 0) is 16.8 Å². The van der Waals surface area contributed by atoms with Gasteiger partial charge in [-0.2, -0.15) is 0 Å². The van der Waals surface area contributed by atoms with Crippen LogP contribution in [0.25, 0.3) is 0 Å². The second kappa shape index (κ2) is 6.67. The average Bonchev–Trinajstić information content (AvgIpc) is 3.29. The fraction of sp³-hybridized carbons (Fsp3) is 0.280. The van der Waals surface area contributed by atoms with Gasteiger partial charge in [-0.3, -0.25) is 0 Å². The van der Waals surface area contributed by atoms with Crippen molar-refractivity contribution >= 4 is 5.69 Å². The maximum absolute atomic E-state index is 6.18. The van der Waals surface area contributed by atoms with E-state index in [2.05, 4.69) is 42.3 Å². The lowest BCUT2D eigenvalue weighted by Crippen LogP contribution is -2.35. The summed E-state index contributed by atoms with van der Waals surface area (Å²) in [6.45, 7) is 2.35. The van der Waals surface area contributed by atoms with Gasteiger partial charge in [-0.15, -0.1) is 0 Å².